The number of nitrogen functional groups attached to an aromatic ring is 1. The van der Waals surface area contributed by atoms with E-state index in [1.54, 1.807) is 12.1 Å². The smallest absolute Gasteiger partial charge is 0.155 e. The number of rotatable bonds is 19. The van der Waals surface area contributed by atoms with Gasteiger partial charge in [-0.3, -0.25) is 0 Å². The van der Waals surface area contributed by atoms with E-state index in [4.69, 9.17) is 5.73 Å². The first kappa shape index (κ1) is 26.9. The van der Waals surface area contributed by atoms with Crippen LogP contribution in [0.2, 0.25) is 0 Å². The molecular weight excluding hydrogens is 413 g/mol. The van der Waals surface area contributed by atoms with Crippen molar-refractivity contribution in [2.75, 3.05) is 22.9 Å². The van der Waals surface area contributed by atoms with Crippen molar-refractivity contribution < 1.29 is 4.39 Å². The predicted molar refractivity (Wildman–Crippen MR) is 139 cm³/mol. The number of halogens is 1. The van der Waals surface area contributed by atoms with Crippen LogP contribution in [-0.4, -0.2) is 16.5 Å². The number of benzene rings is 1. The lowest BCUT2D eigenvalue weighted by molar-refractivity contribution is 0.537. The lowest BCUT2D eigenvalue weighted by atomic mass is 10.0. The highest BCUT2D eigenvalue weighted by Gasteiger charge is 2.07. The van der Waals surface area contributed by atoms with Crippen molar-refractivity contribution in [3.63, 3.8) is 0 Å². The molecule has 0 aliphatic carbocycles. The van der Waals surface area contributed by atoms with Gasteiger partial charge in [0.1, 0.15) is 17.8 Å². The third-order valence-electron chi connectivity index (χ3n) is 6.08. The number of anilines is 3. The third kappa shape index (κ3) is 11.9. The van der Waals surface area contributed by atoms with E-state index in [-0.39, 0.29) is 5.82 Å². The van der Waals surface area contributed by atoms with Gasteiger partial charge >= 0.3 is 0 Å². The molecule has 2 rings (SSSR count). The van der Waals surface area contributed by atoms with Gasteiger partial charge in [0.25, 0.3) is 0 Å². The topological polar surface area (TPSA) is 75.9 Å². The zero-order chi connectivity index (χ0) is 23.6. The second kappa shape index (κ2) is 17.2. The molecule has 0 radical (unpaired) electrons. The molecule has 5 nitrogen and oxygen atoms in total. The molecule has 33 heavy (non-hydrogen) atoms. The van der Waals surface area contributed by atoms with Gasteiger partial charge in [-0.05, 0) is 24.1 Å². The summed E-state index contributed by atoms with van der Waals surface area (Å²) in [6.07, 6.45) is 20.5. The molecule has 0 bridgehead atoms. The molecule has 0 aliphatic heterocycles. The van der Waals surface area contributed by atoms with Gasteiger partial charge in [-0.15, -0.1) is 0 Å². The normalized spacial score (nSPS) is 11.0. The first-order chi connectivity index (χ1) is 16.2. The summed E-state index contributed by atoms with van der Waals surface area (Å²) in [5, 5.41) is 6.54. The SMILES string of the molecule is CCCCCCCCCCCCCCCCNc1ncnc(NCc2ccc(F)cc2)c1N. The Morgan fingerprint density at radius 1 is 0.697 bits per heavy atom. The Hall–Kier alpha value is -2.37. The molecule has 0 atom stereocenters. The molecule has 0 spiro atoms. The lowest BCUT2D eigenvalue weighted by Gasteiger charge is -2.12. The fraction of sp³-hybridized carbons (Fsp3) is 0.630. The minimum atomic E-state index is -0.240. The first-order valence-electron chi connectivity index (χ1n) is 13.0. The van der Waals surface area contributed by atoms with E-state index in [1.807, 2.05) is 0 Å². The van der Waals surface area contributed by atoms with Crippen LogP contribution in [0.25, 0.3) is 0 Å². The van der Waals surface area contributed by atoms with Crippen LogP contribution in [0, 0.1) is 5.82 Å². The van der Waals surface area contributed by atoms with Gasteiger partial charge in [0.2, 0.25) is 0 Å². The highest BCUT2D eigenvalue weighted by atomic mass is 19.1. The number of nitrogens with two attached hydrogens (primary N) is 1. The fourth-order valence-electron chi connectivity index (χ4n) is 3.99. The van der Waals surface area contributed by atoms with Crippen molar-refractivity contribution in [1.82, 2.24) is 9.97 Å². The summed E-state index contributed by atoms with van der Waals surface area (Å²) in [6.45, 7) is 3.66. The number of unbranched alkanes of at least 4 members (excludes halogenated alkanes) is 13. The van der Waals surface area contributed by atoms with E-state index in [1.165, 1.54) is 102 Å². The highest BCUT2D eigenvalue weighted by molar-refractivity contribution is 5.73. The summed E-state index contributed by atoms with van der Waals surface area (Å²) in [6, 6.07) is 6.39. The number of aromatic nitrogens is 2. The quantitative estimate of drug-likeness (QED) is 0.188. The van der Waals surface area contributed by atoms with Crippen LogP contribution < -0.4 is 16.4 Å². The lowest BCUT2D eigenvalue weighted by Crippen LogP contribution is -2.10. The summed E-state index contributed by atoms with van der Waals surface area (Å²) < 4.78 is 13.0. The minimum absolute atomic E-state index is 0.240. The van der Waals surface area contributed by atoms with Crippen LogP contribution in [-0.2, 0) is 6.54 Å². The van der Waals surface area contributed by atoms with Gasteiger partial charge in [-0.1, -0.05) is 103 Å². The largest absolute Gasteiger partial charge is 0.393 e. The molecule has 6 heteroatoms. The average Bonchev–Trinajstić information content (AvgIpc) is 2.83. The summed E-state index contributed by atoms with van der Waals surface area (Å²) in [7, 11) is 0. The van der Waals surface area contributed by atoms with Crippen LogP contribution in [0.15, 0.2) is 30.6 Å². The number of hydrogen-bond donors (Lipinski definition) is 3. The Labute approximate surface area is 200 Å². The Bertz CT molecular complexity index is 751. The number of hydrogen-bond acceptors (Lipinski definition) is 5. The zero-order valence-corrected chi connectivity index (χ0v) is 20.6. The molecule has 4 N–H and O–H groups in total. The van der Waals surface area contributed by atoms with Gasteiger partial charge in [-0.2, -0.15) is 0 Å². The van der Waals surface area contributed by atoms with Crippen LogP contribution in [0.1, 0.15) is 102 Å². The van der Waals surface area contributed by atoms with E-state index in [9.17, 15) is 4.39 Å². The molecule has 0 unspecified atom stereocenters. The predicted octanol–water partition coefficient (Wildman–Crippen LogP) is 7.70. The average molecular weight is 458 g/mol. The first-order valence-corrected chi connectivity index (χ1v) is 13.0. The standard InChI is InChI=1S/C27H44FN5/c1-2-3-4-5-6-7-8-9-10-11-12-13-14-15-20-30-26-25(29)27(33-22-32-26)31-21-23-16-18-24(28)19-17-23/h16-19,22H,2-15,20-21,29H2,1H3,(H2,30,31,32,33). The van der Waals surface area contributed by atoms with E-state index in [0.717, 1.165) is 18.5 Å². The molecule has 0 saturated heterocycles. The van der Waals surface area contributed by atoms with E-state index in [0.29, 0.717) is 23.9 Å². The molecule has 0 saturated carbocycles. The maximum Gasteiger partial charge on any atom is 0.155 e. The summed E-state index contributed by atoms with van der Waals surface area (Å²) in [5.74, 6) is 1.02. The maximum atomic E-state index is 13.0. The molecule has 1 aromatic heterocycles. The molecule has 0 aliphatic rings. The minimum Gasteiger partial charge on any atom is -0.393 e. The van der Waals surface area contributed by atoms with Gasteiger partial charge in [-0.25, -0.2) is 14.4 Å². The van der Waals surface area contributed by atoms with Crippen molar-refractivity contribution in [1.29, 1.82) is 0 Å². The maximum absolute atomic E-state index is 13.0. The van der Waals surface area contributed by atoms with Crippen LogP contribution in [0.4, 0.5) is 21.7 Å². The van der Waals surface area contributed by atoms with Crippen LogP contribution in [0.5, 0.6) is 0 Å². The van der Waals surface area contributed by atoms with Crippen molar-refractivity contribution >= 4 is 17.3 Å². The summed E-state index contributed by atoms with van der Waals surface area (Å²) in [5.41, 5.74) is 7.70. The molecule has 0 amide bonds. The van der Waals surface area contributed by atoms with Gasteiger partial charge in [0.15, 0.2) is 11.6 Å². The monoisotopic (exact) mass is 457 g/mol. The molecule has 2 aromatic rings. The Kier molecular flexibility index (Phi) is 14.0. The van der Waals surface area contributed by atoms with E-state index in [2.05, 4.69) is 27.5 Å². The number of nitrogens with one attached hydrogen (secondary N) is 2. The Balaban J connectivity index is 1.49. The molecular formula is C27H44FN5. The van der Waals surface area contributed by atoms with E-state index >= 15 is 0 Å². The molecule has 184 valence electrons. The Morgan fingerprint density at radius 3 is 1.73 bits per heavy atom. The zero-order valence-electron chi connectivity index (χ0n) is 20.6. The second-order valence-corrected chi connectivity index (χ2v) is 8.99. The van der Waals surface area contributed by atoms with E-state index < -0.39 is 0 Å². The highest BCUT2D eigenvalue weighted by Crippen LogP contribution is 2.23. The van der Waals surface area contributed by atoms with Gasteiger partial charge in [0.05, 0.1) is 0 Å². The van der Waals surface area contributed by atoms with Crippen molar-refractivity contribution in [2.45, 2.75) is 103 Å². The molecule has 1 aromatic carbocycles. The molecule has 0 fully saturated rings. The fourth-order valence-corrected chi connectivity index (χ4v) is 3.99. The Morgan fingerprint density at radius 2 is 1.18 bits per heavy atom. The molecule has 1 heterocycles. The number of nitrogens with zero attached hydrogens (tertiary/aromatic N) is 2. The summed E-state index contributed by atoms with van der Waals surface area (Å²) >= 11 is 0. The van der Waals surface area contributed by atoms with Crippen LogP contribution >= 0.6 is 0 Å². The van der Waals surface area contributed by atoms with Crippen molar-refractivity contribution in [3.8, 4) is 0 Å². The summed E-state index contributed by atoms with van der Waals surface area (Å²) in [4.78, 5) is 8.50. The van der Waals surface area contributed by atoms with Crippen molar-refractivity contribution in [3.05, 3.63) is 42.0 Å². The third-order valence-corrected chi connectivity index (χ3v) is 6.08. The van der Waals surface area contributed by atoms with Crippen molar-refractivity contribution in [2.24, 2.45) is 0 Å². The van der Waals surface area contributed by atoms with Gasteiger partial charge in [0, 0.05) is 13.1 Å². The van der Waals surface area contributed by atoms with Crippen LogP contribution in [0.3, 0.4) is 0 Å². The second-order valence-electron chi connectivity index (χ2n) is 8.99. The van der Waals surface area contributed by atoms with Gasteiger partial charge < -0.3 is 16.4 Å².